The Morgan fingerprint density at radius 3 is 2.30 bits per heavy atom. The van der Waals surface area contributed by atoms with E-state index in [0.717, 1.165) is 11.8 Å². The Bertz CT molecular complexity index is 559. The Morgan fingerprint density at radius 2 is 1.80 bits per heavy atom. The minimum atomic E-state index is -3.73. The van der Waals surface area contributed by atoms with Gasteiger partial charge in [0.15, 0.2) is 0 Å². The van der Waals surface area contributed by atoms with Gasteiger partial charge in [-0.15, -0.1) is 0 Å². The van der Waals surface area contributed by atoms with Crippen LogP contribution in [0.3, 0.4) is 0 Å². The summed E-state index contributed by atoms with van der Waals surface area (Å²) in [5.41, 5.74) is -0.652. The zero-order valence-electron chi connectivity index (χ0n) is 11.0. The Labute approximate surface area is 116 Å². The van der Waals surface area contributed by atoms with Crippen LogP contribution in [0.5, 0.6) is 0 Å². The molecule has 1 saturated carbocycles. The standard InChI is InChI=1S/C13H16F2O4S/c1-20(16,17)19-10-12(8-13(12,14)15)9-18-7-11-5-3-2-4-6-11/h2-6H,7-10H2,1H3/t12-/m1/s1. The molecular formula is C13H16F2O4S. The number of benzene rings is 1. The third-order valence-corrected chi connectivity index (χ3v) is 3.80. The molecule has 1 atom stereocenters. The van der Waals surface area contributed by atoms with E-state index in [4.69, 9.17) is 4.74 Å². The second-order valence-corrected chi connectivity index (χ2v) is 6.75. The molecule has 1 fully saturated rings. The molecule has 1 aliphatic carbocycles. The maximum absolute atomic E-state index is 13.4. The van der Waals surface area contributed by atoms with Gasteiger partial charge in [-0.05, 0) is 5.56 Å². The Balaban J connectivity index is 1.88. The van der Waals surface area contributed by atoms with Gasteiger partial charge in [-0.25, -0.2) is 8.78 Å². The Kier molecular flexibility index (Phi) is 4.13. The molecule has 0 unspecified atom stereocenters. The van der Waals surface area contributed by atoms with E-state index in [1.54, 1.807) is 0 Å². The predicted molar refractivity (Wildman–Crippen MR) is 68.9 cm³/mol. The molecule has 0 N–H and O–H groups in total. The summed E-state index contributed by atoms with van der Waals surface area (Å²) in [5.74, 6) is -2.94. The third-order valence-electron chi connectivity index (χ3n) is 3.25. The molecular weight excluding hydrogens is 290 g/mol. The molecule has 0 amide bonds. The highest BCUT2D eigenvalue weighted by Crippen LogP contribution is 2.60. The molecule has 20 heavy (non-hydrogen) atoms. The lowest BCUT2D eigenvalue weighted by atomic mass is 10.1. The van der Waals surface area contributed by atoms with Crippen molar-refractivity contribution in [2.45, 2.75) is 19.0 Å². The lowest BCUT2D eigenvalue weighted by Gasteiger charge is -2.16. The summed E-state index contributed by atoms with van der Waals surface area (Å²) in [6.45, 7) is -0.574. The van der Waals surface area contributed by atoms with E-state index in [1.807, 2.05) is 30.3 Å². The number of hydrogen-bond acceptors (Lipinski definition) is 4. The van der Waals surface area contributed by atoms with Crippen molar-refractivity contribution in [1.82, 2.24) is 0 Å². The molecule has 4 nitrogen and oxygen atoms in total. The van der Waals surface area contributed by atoms with Gasteiger partial charge in [0, 0.05) is 6.42 Å². The summed E-state index contributed by atoms with van der Waals surface area (Å²) in [4.78, 5) is 0. The Hall–Kier alpha value is -1.05. The summed E-state index contributed by atoms with van der Waals surface area (Å²) < 4.78 is 58.4. The molecule has 1 aromatic carbocycles. The van der Waals surface area contributed by atoms with Crippen LogP contribution in [0.25, 0.3) is 0 Å². The molecule has 0 bridgehead atoms. The molecule has 0 aromatic heterocycles. The van der Waals surface area contributed by atoms with Crippen LogP contribution in [0.15, 0.2) is 30.3 Å². The van der Waals surface area contributed by atoms with E-state index < -0.39 is 34.5 Å². The quantitative estimate of drug-likeness (QED) is 0.725. The van der Waals surface area contributed by atoms with Gasteiger partial charge in [-0.1, -0.05) is 30.3 Å². The van der Waals surface area contributed by atoms with Gasteiger partial charge < -0.3 is 4.74 Å². The first-order valence-corrected chi connectivity index (χ1v) is 7.90. The van der Waals surface area contributed by atoms with Crippen molar-refractivity contribution in [2.24, 2.45) is 5.41 Å². The van der Waals surface area contributed by atoms with Crippen molar-refractivity contribution in [3.8, 4) is 0 Å². The van der Waals surface area contributed by atoms with Gasteiger partial charge >= 0.3 is 0 Å². The van der Waals surface area contributed by atoms with Crippen molar-refractivity contribution >= 4 is 10.1 Å². The van der Waals surface area contributed by atoms with Crippen LogP contribution >= 0.6 is 0 Å². The lowest BCUT2D eigenvalue weighted by molar-refractivity contribution is -0.0148. The molecule has 0 radical (unpaired) electrons. The first kappa shape index (κ1) is 15.3. The number of alkyl halides is 2. The van der Waals surface area contributed by atoms with E-state index in [1.165, 1.54) is 0 Å². The first-order chi connectivity index (χ1) is 9.24. The fraction of sp³-hybridized carbons (Fsp3) is 0.538. The number of halogens is 2. The van der Waals surface area contributed by atoms with Crippen LogP contribution in [0.1, 0.15) is 12.0 Å². The van der Waals surface area contributed by atoms with E-state index in [0.29, 0.717) is 0 Å². The average Bonchev–Trinajstić information content (AvgIpc) is 2.90. The van der Waals surface area contributed by atoms with Gasteiger partial charge in [-0.2, -0.15) is 8.42 Å². The molecule has 0 spiro atoms. The van der Waals surface area contributed by atoms with Crippen LogP contribution in [0.2, 0.25) is 0 Å². The second-order valence-electron chi connectivity index (χ2n) is 5.11. The predicted octanol–water partition coefficient (Wildman–Crippen LogP) is 2.20. The summed E-state index contributed by atoms with van der Waals surface area (Å²) in [6.07, 6.45) is 0.427. The fourth-order valence-corrected chi connectivity index (χ4v) is 2.33. The topological polar surface area (TPSA) is 52.6 Å². The molecule has 1 aromatic rings. The van der Waals surface area contributed by atoms with Crippen LogP contribution in [-0.4, -0.2) is 33.8 Å². The second kappa shape index (κ2) is 5.38. The summed E-state index contributed by atoms with van der Waals surface area (Å²) in [5, 5.41) is 0. The smallest absolute Gasteiger partial charge is 0.264 e. The molecule has 1 aliphatic rings. The number of rotatable bonds is 7. The molecule has 0 saturated heterocycles. The van der Waals surface area contributed by atoms with Crippen LogP contribution in [-0.2, 0) is 25.6 Å². The maximum atomic E-state index is 13.4. The minimum Gasteiger partial charge on any atom is -0.376 e. The summed E-state index contributed by atoms with van der Waals surface area (Å²) in [6, 6.07) is 9.15. The summed E-state index contributed by atoms with van der Waals surface area (Å²) in [7, 11) is -3.73. The maximum Gasteiger partial charge on any atom is 0.264 e. The zero-order valence-corrected chi connectivity index (χ0v) is 11.8. The van der Waals surface area contributed by atoms with Crippen molar-refractivity contribution in [1.29, 1.82) is 0 Å². The van der Waals surface area contributed by atoms with E-state index in [2.05, 4.69) is 4.18 Å². The monoisotopic (exact) mass is 306 g/mol. The van der Waals surface area contributed by atoms with Crippen molar-refractivity contribution in [3.63, 3.8) is 0 Å². The third kappa shape index (κ3) is 3.74. The van der Waals surface area contributed by atoms with Gasteiger partial charge in [0.05, 0.1) is 31.5 Å². The average molecular weight is 306 g/mol. The minimum absolute atomic E-state index is 0.206. The van der Waals surface area contributed by atoms with Gasteiger partial charge in [-0.3, -0.25) is 4.18 Å². The highest BCUT2D eigenvalue weighted by Gasteiger charge is 2.71. The van der Waals surface area contributed by atoms with Crippen molar-refractivity contribution < 1.29 is 26.1 Å². The van der Waals surface area contributed by atoms with Crippen LogP contribution < -0.4 is 0 Å². The van der Waals surface area contributed by atoms with E-state index in [9.17, 15) is 17.2 Å². The highest BCUT2D eigenvalue weighted by atomic mass is 32.2. The van der Waals surface area contributed by atoms with Crippen LogP contribution in [0.4, 0.5) is 8.78 Å². The molecule has 112 valence electrons. The molecule has 7 heteroatoms. The fourth-order valence-electron chi connectivity index (χ4n) is 1.89. The number of ether oxygens (including phenoxy) is 1. The van der Waals surface area contributed by atoms with Gasteiger partial charge in [0.1, 0.15) is 0 Å². The van der Waals surface area contributed by atoms with Crippen molar-refractivity contribution in [3.05, 3.63) is 35.9 Å². The normalized spacial score (nSPS) is 24.6. The van der Waals surface area contributed by atoms with Crippen LogP contribution in [0, 0.1) is 5.41 Å². The number of hydrogen-bond donors (Lipinski definition) is 0. The Morgan fingerprint density at radius 1 is 1.20 bits per heavy atom. The van der Waals surface area contributed by atoms with Gasteiger partial charge in [0.25, 0.3) is 16.0 Å². The zero-order chi connectivity index (χ0) is 14.9. The first-order valence-electron chi connectivity index (χ1n) is 6.08. The van der Waals surface area contributed by atoms with E-state index in [-0.39, 0.29) is 13.2 Å². The van der Waals surface area contributed by atoms with E-state index >= 15 is 0 Å². The molecule has 2 rings (SSSR count). The molecule has 0 aliphatic heterocycles. The SMILES string of the molecule is CS(=O)(=O)OC[C@]1(COCc2ccccc2)CC1(F)F. The lowest BCUT2D eigenvalue weighted by Crippen LogP contribution is -2.26. The highest BCUT2D eigenvalue weighted by molar-refractivity contribution is 7.85. The molecule has 0 heterocycles. The van der Waals surface area contributed by atoms with Crippen molar-refractivity contribution in [2.75, 3.05) is 19.5 Å². The summed E-state index contributed by atoms with van der Waals surface area (Å²) >= 11 is 0. The largest absolute Gasteiger partial charge is 0.376 e. The van der Waals surface area contributed by atoms with Gasteiger partial charge in [0.2, 0.25) is 0 Å².